The molecular weight excluding hydrogens is 410 g/mol. The number of nitriles is 1. The highest BCUT2D eigenvalue weighted by molar-refractivity contribution is 5.97. The second-order valence-electron chi connectivity index (χ2n) is 7.59. The Morgan fingerprint density at radius 1 is 1.19 bits per heavy atom. The van der Waals surface area contributed by atoms with Crippen LogP contribution in [0.25, 0.3) is 5.82 Å². The minimum absolute atomic E-state index is 0.00351. The molecule has 0 bridgehead atoms. The Bertz CT molecular complexity index is 1160. The van der Waals surface area contributed by atoms with Crippen molar-refractivity contribution < 1.29 is 14.3 Å². The van der Waals surface area contributed by atoms with E-state index in [1.165, 1.54) is 24.3 Å². The number of hydrogen-bond donors (Lipinski definition) is 0. The summed E-state index contributed by atoms with van der Waals surface area (Å²) in [5.74, 6) is 0.746. The van der Waals surface area contributed by atoms with Crippen molar-refractivity contribution in [1.82, 2.24) is 29.9 Å². The number of ether oxygens (including phenoxy) is 2. The molecule has 1 saturated heterocycles. The number of aromatic nitrogens is 5. The summed E-state index contributed by atoms with van der Waals surface area (Å²) in [6.45, 7) is 4.20. The lowest BCUT2D eigenvalue weighted by atomic mass is 10.00. The van der Waals surface area contributed by atoms with E-state index in [1.807, 2.05) is 13.8 Å². The first kappa shape index (κ1) is 21.2. The maximum Gasteiger partial charge on any atom is 0.258 e. The summed E-state index contributed by atoms with van der Waals surface area (Å²) in [4.78, 5) is 25.2. The molecule has 0 aliphatic carbocycles. The third-order valence-electron chi connectivity index (χ3n) is 5.51. The summed E-state index contributed by atoms with van der Waals surface area (Å²) in [6, 6.07) is 7.23. The number of pyridine rings is 2. The lowest BCUT2D eigenvalue weighted by Gasteiger charge is -2.38. The zero-order chi connectivity index (χ0) is 22.7. The van der Waals surface area contributed by atoms with Crippen LogP contribution in [0.2, 0.25) is 0 Å². The monoisotopic (exact) mass is 433 g/mol. The van der Waals surface area contributed by atoms with Gasteiger partial charge in [0, 0.05) is 18.3 Å². The first-order valence-corrected chi connectivity index (χ1v) is 10.3. The van der Waals surface area contributed by atoms with Gasteiger partial charge < -0.3 is 14.4 Å². The Morgan fingerprint density at radius 3 is 2.69 bits per heavy atom. The Kier molecular flexibility index (Phi) is 5.98. The molecule has 164 valence electrons. The maximum atomic E-state index is 13.6. The Labute approximate surface area is 185 Å². The van der Waals surface area contributed by atoms with Gasteiger partial charge in [0.1, 0.15) is 17.7 Å². The summed E-state index contributed by atoms with van der Waals surface area (Å²) in [5.41, 5.74) is 1.58. The van der Waals surface area contributed by atoms with Gasteiger partial charge in [-0.25, -0.2) is 4.98 Å². The molecule has 0 unspecified atom stereocenters. The quantitative estimate of drug-likeness (QED) is 0.601. The zero-order valence-corrected chi connectivity index (χ0v) is 18.1. The lowest BCUT2D eigenvalue weighted by molar-refractivity contribution is 0.0371. The van der Waals surface area contributed by atoms with E-state index in [0.29, 0.717) is 35.2 Å². The van der Waals surface area contributed by atoms with Crippen molar-refractivity contribution in [3.63, 3.8) is 0 Å². The van der Waals surface area contributed by atoms with Crippen LogP contribution < -0.4 is 9.47 Å². The van der Waals surface area contributed by atoms with Crippen LogP contribution in [0.4, 0.5) is 0 Å². The number of rotatable bonds is 5. The van der Waals surface area contributed by atoms with Gasteiger partial charge in [-0.1, -0.05) is 0 Å². The summed E-state index contributed by atoms with van der Waals surface area (Å²) in [7, 11) is 1.51. The molecule has 10 heteroatoms. The van der Waals surface area contributed by atoms with Crippen LogP contribution >= 0.6 is 0 Å². The van der Waals surface area contributed by atoms with Crippen LogP contribution in [0.5, 0.6) is 11.8 Å². The highest BCUT2D eigenvalue weighted by atomic mass is 16.5. The molecule has 0 saturated carbocycles. The smallest absolute Gasteiger partial charge is 0.258 e. The molecule has 0 spiro atoms. The molecule has 0 radical (unpaired) electrons. The summed E-state index contributed by atoms with van der Waals surface area (Å²) < 4.78 is 11.3. The van der Waals surface area contributed by atoms with Gasteiger partial charge in [0.25, 0.3) is 5.91 Å². The molecule has 1 aliphatic rings. The van der Waals surface area contributed by atoms with E-state index < -0.39 is 0 Å². The number of hydrogen-bond acceptors (Lipinski definition) is 8. The summed E-state index contributed by atoms with van der Waals surface area (Å²) in [6.07, 6.45) is 5.87. The minimum Gasteiger partial charge on any atom is -0.481 e. The molecular formula is C22H23N7O3. The van der Waals surface area contributed by atoms with Gasteiger partial charge in [0.2, 0.25) is 11.8 Å². The van der Waals surface area contributed by atoms with Crippen molar-refractivity contribution in [1.29, 1.82) is 5.26 Å². The third kappa shape index (κ3) is 4.09. The van der Waals surface area contributed by atoms with E-state index in [0.717, 1.165) is 18.4 Å². The Balaban J connectivity index is 1.60. The Morgan fingerprint density at radius 2 is 1.97 bits per heavy atom. The molecule has 1 amide bonds. The third-order valence-corrected chi connectivity index (χ3v) is 5.51. The highest BCUT2D eigenvalue weighted by Gasteiger charge is 2.33. The van der Waals surface area contributed by atoms with Crippen LogP contribution in [0.1, 0.15) is 41.3 Å². The van der Waals surface area contributed by atoms with Gasteiger partial charge >= 0.3 is 0 Å². The fraction of sp³-hybridized carbons (Fsp3) is 0.364. The van der Waals surface area contributed by atoms with Crippen LogP contribution in [0.3, 0.4) is 0 Å². The van der Waals surface area contributed by atoms with E-state index in [1.54, 1.807) is 29.3 Å². The van der Waals surface area contributed by atoms with E-state index >= 15 is 0 Å². The summed E-state index contributed by atoms with van der Waals surface area (Å²) in [5, 5.41) is 17.7. The van der Waals surface area contributed by atoms with E-state index in [2.05, 4.69) is 26.2 Å². The topological polar surface area (TPSA) is 119 Å². The van der Waals surface area contributed by atoms with E-state index in [4.69, 9.17) is 9.47 Å². The fourth-order valence-electron chi connectivity index (χ4n) is 3.71. The number of piperidine rings is 1. The number of aryl methyl sites for hydroxylation is 1. The van der Waals surface area contributed by atoms with Gasteiger partial charge in [0.15, 0.2) is 5.82 Å². The largest absolute Gasteiger partial charge is 0.481 e. The molecule has 3 aromatic heterocycles. The minimum atomic E-state index is -0.283. The van der Waals surface area contributed by atoms with Crippen LogP contribution in [0, 0.1) is 18.3 Å². The van der Waals surface area contributed by atoms with Crippen molar-refractivity contribution in [2.45, 2.75) is 38.8 Å². The first-order chi connectivity index (χ1) is 15.5. The number of amides is 1. The molecule has 32 heavy (non-hydrogen) atoms. The molecule has 1 fully saturated rings. The second-order valence-corrected chi connectivity index (χ2v) is 7.59. The standard InChI is InChI=1S/C22H23N7O3/c1-14-8-9-24-21(18(14)12-23)32-16-5-4-15(2)28(13-16)22(30)17-6-7-19(31-3)27-20(17)29-25-10-11-26-29/h6-11,15-16H,4-5,13H2,1-3H3/t15-,16-/m1/s1. The molecule has 10 nitrogen and oxygen atoms in total. The Hall–Kier alpha value is -4.00. The zero-order valence-electron chi connectivity index (χ0n) is 18.1. The SMILES string of the molecule is COc1ccc(C(=O)N2C[C@H](Oc3nccc(C)c3C#N)CC[C@H]2C)c(-n2nccn2)n1. The number of nitrogens with zero attached hydrogens (tertiary/aromatic N) is 7. The lowest BCUT2D eigenvalue weighted by Crippen LogP contribution is -2.49. The normalized spacial score (nSPS) is 18.1. The van der Waals surface area contributed by atoms with Gasteiger partial charge in [-0.3, -0.25) is 4.79 Å². The number of carbonyl (C=O) groups excluding carboxylic acids is 1. The van der Waals surface area contributed by atoms with Crippen molar-refractivity contribution in [3.05, 3.63) is 53.5 Å². The van der Waals surface area contributed by atoms with Gasteiger partial charge in [-0.15, -0.1) is 4.80 Å². The van der Waals surface area contributed by atoms with E-state index in [-0.39, 0.29) is 18.1 Å². The predicted octanol–water partition coefficient (Wildman–Crippen LogP) is 2.32. The van der Waals surface area contributed by atoms with Crippen molar-refractivity contribution in [2.24, 2.45) is 0 Å². The average Bonchev–Trinajstić information content (AvgIpc) is 3.34. The highest BCUT2D eigenvalue weighted by Crippen LogP contribution is 2.27. The molecule has 4 rings (SSSR count). The molecule has 2 atom stereocenters. The van der Waals surface area contributed by atoms with Crippen molar-refractivity contribution in [3.8, 4) is 23.6 Å². The van der Waals surface area contributed by atoms with Gasteiger partial charge in [-0.2, -0.15) is 20.4 Å². The van der Waals surface area contributed by atoms with Gasteiger partial charge in [-0.05, 0) is 44.4 Å². The first-order valence-electron chi connectivity index (χ1n) is 10.3. The van der Waals surface area contributed by atoms with Crippen LogP contribution in [-0.2, 0) is 0 Å². The van der Waals surface area contributed by atoms with Crippen molar-refractivity contribution in [2.75, 3.05) is 13.7 Å². The van der Waals surface area contributed by atoms with Gasteiger partial charge in [0.05, 0.1) is 31.6 Å². The van der Waals surface area contributed by atoms with Crippen LogP contribution in [0.15, 0.2) is 36.8 Å². The molecule has 3 aromatic rings. The number of methoxy groups -OCH3 is 1. The fourth-order valence-corrected chi connectivity index (χ4v) is 3.71. The maximum absolute atomic E-state index is 13.6. The molecule has 4 heterocycles. The second kappa shape index (κ2) is 9.01. The molecule has 0 aromatic carbocycles. The predicted molar refractivity (Wildman–Crippen MR) is 114 cm³/mol. The summed E-state index contributed by atoms with van der Waals surface area (Å²) >= 11 is 0. The number of likely N-dealkylation sites (tertiary alicyclic amines) is 1. The van der Waals surface area contributed by atoms with E-state index in [9.17, 15) is 10.1 Å². The van der Waals surface area contributed by atoms with Crippen molar-refractivity contribution >= 4 is 5.91 Å². The molecule has 0 N–H and O–H groups in total. The number of carbonyl (C=O) groups is 1. The average molecular weight is 433 g/mol. The van der Waals surface area contributed by atoms with Crippen LogP contribution in [-0.4, -0.2) is 61.6 Å². The molecule has 1 aliphatic heterocycles.